The normalized spacial score (nSPS) is 16.2. The molecule has 4 rings (SSSR count). The smallest absolute Gasteiger partial charge is 0.337 e. The molecule has 12 nitrogen and oxygen atoms in total. The number of fused-ring (bicyclic) bond motifs is 1. The molecule has 2 heterocycles. The molecular formula is C26H29N3O9S. The molecule has 2 aliphatic heterocycles. The van der Waals surface area contributed by atoms with Crippen molar-refractivity contribution in [3.8, 4) is 5.75 Å². The molecule has 2 aromatic carbocycles. The zero-order valence-electron chi connectivity index (χ0n) is 21.8. The highest BCUT2D eigenvalue weighted by Gasteiger charge is 2.32. The number of esters is 2. The molecule has 39 heavy (non-hydrogen) atoms. The third-order valence-electron chi connectivity index (χ3n) is 6.61. The van der Waals surface area contributed by atoms with Gasteiger partial charge >= 0.3 is 11.9 Å². The van der Waals surface area contributed by atoms with Crippen LogP contribution < -0.4 is 15.0 Å². The maximum atomic E-state index is 13.3. The highest BCUT2D eigenvalue weighted by molar-refractivity contribution is 7.89. The second kappa shape index (κ2) is 11.4. The number of nitrogens with zero attached hydrogens (tertiary/aromatic N) is 2. The van der Waals surface area contributed by atoms with Crippen LogP contribution in [0.15, 0.2) is 41.3 Å². The van der Waals surface area contributed by atoms with Crippen LogP contribution in [0.1, 0.15) is 40.5 Å². The van der Waals surface area contributed by atoms with Gasteiger partial charge in [-0.15, -0.1) is 0 Å². The third-order valence-corrected chi connectivity index (χ3v) is 8.51. The average Bonchev–Trinajstić information content (AvgIpc) is 2.93. The minimum absolute atomic E-state index is 0.00505. The maximum absolute atomic E-state index is 13.3. The Labute approximate surface area is 225 Å². The molecule has 2 aliphatic rings. The van der Waals surface area contributed by atoms with Crippen LogP contribution in [0.5, 0.6) is 5.75 Å². The molecule has 0 saturated carbocycles. The first-order valence-electron chi connectivity index (χ1n) is 12.2. The van der Waals surface area contributed by atoms with Crippen molar-refractivity contribution in [2.24, 2.45) is 5.92 Å². The minimum Gasteiger partial charge on any atom is -0.482 e. The number of ether oxygens (including phenoxy) is 3. The van der Waals surface area contributed by atoms with Gasteiger partial charge < -0.3 is 19.5 Å². The van der Waals surface area contributed by atoms with E-state index in [0.29, 0.717) is 19.0 Å². The molecule has 2 aromatic rings. The van der Waals surface area contributed by atoms with Gasteiger partial charge in [-0.2, -0.15) is 4.31 Å². The molecule has 0 atom stereocenters. The number of hydrogen-bond donors (Lipinski definition) is 1. The molecule has 13 heteroatoms. The summed E-state index contributed by atoms with van der Waals surface area (Å²) in [6.45, 7) is 2.08. The molecule has 208 valence electrons. The van der Waals surface area contributed by atoms with Crippen LogP contribution in [-0.2, 0) is 29.1 Å². The molecule has 0 unspecified atom stereocenters. The number of carbonyl (C=O) groups is 4. The first kappa shape index (κ1) is 28.0. The molecule has 2 amide bonds. The van der Waals surface area contributed by atoms with Crippen LogP contribution in [0, 0.1) is 5.92 Å². The van der Waals surface area contributed by atoms with Crippen LogP contribution in [0.4, 0.5) is 11.4 Å². The van der Waals surface area contributed by atoms with Crippen LogP contribution in [-0.4, -0.2) is 76.9 Å². The predicted octanol–water partition coefficient (Wildman–Crippen LogP) is 2.04. The monoisotopic (exact) mass is 559 g/mol. The van der Waals surface area contributed by atoms with Crippen molar-refractivity contribution in [1.29, 1.82) is 0 Å². The fraction of sp³-hybridized carbons (Fsp3) is 0.385. The number of methoxy groups -OCH3 is 2. The van der Waals surface area contributed by atoms with E-state index in [1.165, 1.54) is 54.9 Å². The van der Waals surface area contributed by atoms with Gasteiger partial charge in [-0.25, -0.2) is 18.0 Å². The summed E-state index contributed by atoms with van der Waals surface area (Å²) in [6, 6.07) is 8.12. The zero-order valence-corrected chi connectivity index (χ0v) is 22.6. The van der Waals surface area contributed by atoms with Crippen molar-refractivity contribution < 1.29 is 41.8 Å². The first-order valence-corrected chi connectivity index (χ1v) is 13.7. The van der Waals surface area contributed by atoms with Gasteiger partial charge in [0.2, 0.25) is 15.9 Å². The lowest BCUT2D eigenvalue weighted by molar-refractivity contribution is -0.123. The molecular weight excluding hydrogens is 530 g/mol. The van der Waals surface area contributed by atoms with Crippen molar-refractivity contribution in [3.05, 3.63) is 47.5 Å². The van der Waals surface area contributed by atoms with Crippen molar-refractivity contribution in [3.63, 3.8) is 0 Å². The van der Waals surface area contributed by atoms with E-state index in [9.17, 15) is 27.6 Å². The van der Waals surface area contributed by atoms with Crippen molar-refractivity contribution >= 4 is 45.2 Å². The van der Waals surface area contributed by atoms with Crippen molar-refractivity contribution in [2.45, 2.75) is 24.7 Å². The van der Waals surface area contributed by atoms with Gasteiger partial charge in [-0.3, -0.25) is 14.5 Å². The maximum Gasteiger partial charge on any atom is 0.337 e. The SMILES string of the molecule is COC(=O)c1cc(NC(=O)CN2C(=O)COc3ccc(S(=O)(=O)N4CCC(C)CC4)cc32)cc(C(=O)OC)c1. The molecule has 0 aliphatic carbocycles. The number of hydrogen-bond acceptors (Lipinski definition) is 9. The molecule has 1 fully saturated rings. The molecule has 0 spiro atoms. The Bertz CT molecular complexity index is 1380. The third kappa shape index (κ3) is 6.04. The van der Waals surface area contributed by atoms with E-state index in [1.807, 2.05) is 0 Å². The highest BCUT2D eigenvalue weighted by atomic mass is 32.2. The highest BCUT2D eigenvalue weighted by Crippen LogP contribution is 2.35. The van der Waals surface area contributed by atoms with Crippen LogP contribution in [0.3, 0.4) is 0 Å². The van der Waals surface area contributed by atoms with Gasteiger partial charge in [0.25, 0.3) is 5.91 Å². The summed E-state index contributed by atoms with van der Waals surface area (Å²) in [4.78, 5) is 51.0. The molecule has 0 aromatic heterocycles. The predicted molar refractivity (Wildman–Crippen MR) is 139 cm³/mol. The summed E-state index contributed by atoms with van der Waals surface area (Å²) < 4.78 is 42.9. The summed E-state index contributed by atoms with van der Waals surface area (Å²) in [5, 5.41) is 2.56. The fourth-order valence-electron chi connectivity index (χ4n) is 4.41. The van der Waals surface area contributed by atoms with E-state index < -0.39 is 40.3 Å². The van der Waals surface area contributed by atoms with Crippen LogP contribution in [0.25, 0.3) is 0 Å². The fourth-order valence-corrected chi connectivity index (χ4v) is 5.90. The number of benzene rings is 2. The number of sulfonamides is 1. The number of nitrogens with one attached hydrogen (secondary N) is 1. The second-order valence-corrected chi connectivity index (χ2v) is 11.3. The first-order chi connectivity index (χ1) is 18.5. The van der Waals surface area contributed by atoms with E-state index in [4.69, 9.17) is 14.2 Å². The molecule has 1 saturated heterocycles. The van der Waals surface area contributed by atoms with E-state index in [2.05, 4.69) is 12.2 Å². The molecule has 0 radical (unpaired) electrons. The molecule has 0 bridgehead atoms. The number of amides is 2. The van der Waals surface area contributed by atoms with Crippen molar-refractivity contribution in [2.75, 3.05) is 50.7 Å². The summed E-state index contributed by atoms with van der Waals surface area (Å²) in [6.07, 6.45) is 1.51. The largest absolute Gasteiger partial charge is 0.482 e. The lowest BCUT2D eigenvalue weighted by Gasteiger charge is -2.31. The second-order valence-electron chi connectivity index (χ2n) is 9.32. The van der Waals surface area contributed by atoms with Gasteiger partial charge in [0.1, 0.15) is 12.3 Å². The Morgan fingerprint density at radius 1 is 1.00 bits per heavy atom. The topological polar surface area (TPSA) is 149 Å². The van der Waals surface area contributed by atoms with E-state index in [1.54, 1.807) is 0 Å². The van der Waals surface area contributed by atoms with E-state index in [-0.39, 0.29) is 39.8 Å². The number of rotatable bonds is 7. The quantitative estimate of drug-likeness (QED) is 0.503. The lowest BCUT2D eigenvalue weighted by atomic mass is 10.0. The van der Waals surface area contributed by atoms with E-state index >= 15 is 0 Å². The Kier molecular flexibility index (Phi) is 8.21. The number of carbonyl (C=O) groups excluding carboxylic acids is 4. The Morgan fingerprint density at radius 3 is 2.21 bits per heavy atom. The molecule has 1 N–H and O–H groups in total. The van der Waals surface area contributed by atoms with Crippen LogP contribution in [0.2, 0.25) is 0 Å². The van der Waals surface area contributed by atoms with Gasteiger partial charge in [0, 0.05) is 18.8 Å². The van der Waals surface area contributed by atoms with Crippen molar-refractivity contribution in [1.82, 2.24) is 4.31 Å². The number of piperidine rings is 1. The lowest BCUT2D eigenvalue weighted by Crippen LogP contribution is -2.43. The minimum atomic E-state index is -3.82. The Hall–Kier alpha value is -3.97. The summed E-state index contributed by atoms with van der Waals surface area (Å²) in [5.41, 5.74) is 0.252. The van der Waals surface area contributed by atoms with Gasteiger partial charge in [0.15, 0.2) is 6.61 Å². The summed E-state index contributed by atoms with van der Waals surface area (Å²) >= 11 is 0. The zero-order chi connectivity index (χ0) is 28.3. The van der Waals surface area contributed by atoms with Gasteiger partial charge in [-0.05, 0) is 55.2 Å². The Balaban J connectivity index is 1.58. The summed E-state index contributed by atoms with van der Waals surface area (Å²) in [7, 11) is -1.47. The Morgan fingerprint density at radius 2 is 1.62 bits per heavy atom. The number of anilines is 2. The standard InChI is InChI=1S/C26H29N3O9S/c1-16-6-8-28(9-7-16)39(34,35)20-4-5-22-21(13-20)29(24(31)15-38-22)14-23(30)27-19-11-17(25(32)36-2)10-18(12-19)26(33)37-3/h4-5,10-13,16H,6-9,14-15H2,1-3H3,(H,27,30). The van der Waals surface area contributed by atoms with Crippen LogP contribution >= 0.6 is 0 Å². The van der Waals surface area contributed by atoms with E-state index in [0.717, 1.165) is 17.7 Å². The van der Waals surface area contributed by atoms with Gasteiger partial charge in [-0.1, -0.05) is 6.92 Å². The average molecular weight is 560 g/mol. The van der Waals surface area contributed by atoms with Gasteiger partial charge in [0.05, 0.1) is 35.9 Å². The summed E-state index contributed by atoms with van der Waals surface area (Å²) in [5.74, 6) is -1.97.